The number of alkyl halides is 3. The number of amides is 1. The lowest BCUT2D eigenvalue weighted by molar-refractivity contribution is -0.274. The molecule has 3 N–H and O–H groups in total. The Bertz CT molecular complexity index is 1210. The number of nitrogens with one attached hydrogen (secondary N) is 2. The van der Waals surface area contributed by atoms with Crippen LogP contribution in [0.4, 0.5) is 24.5 Å². The number of hydrogen-bond donors (Lipinski definition) is 3. The number of carbonyl (C=O) groups is 1. The van der Waals surface area contributed by atoms with Crippen LogP contribution in [0.25, 0.3) is 5.69 Å². The van der Waals surface area contributed by atoms with Gasteiger partial charge in [-0.05, 0) is 42.5 Å². The number of phenolic OH excluding ortho intramolecular Hbond substituents is 1. The van der Waals surface area contributed by atoms with Crippen molar-refractivity contribution in [3.05, 3.63) is 60.4 Å². The number of hydrogen-bond acceptors (Lipinski definition) is 6. The van der Waals surface area contributed by atoms with Crippen molar-refractivity contribution in [1.29, 1.82) is 0 Å². The average Bonchev–Trinajstić information content (AvgIpc) is 3.13. The average molecular weight is 456 g/mol. The van der Waals surface area contributed by atoms with Crippen molar-refractivity contribution in [3.8, 4) is 17.2 Å². The SMILES string of the molecule is CS(=O)(=O)Nc1cc(NC(=O)c2cnn(-c3ccc(OC(F)(F)F)cc3)c2)ccc1O. The molecule has 0 radical (unpaired) electrons. The van der Waals surface area contributed by atoms with Crippen LogP contribution in [0.3, 0.4) is 0 Å². The quantitative estimate of drug-likeness (QED) is 0.387. The Hall–Kier alpha value is -3.74. The summed E-state index contributed by atoms with van der Waals surface area (Å²) in [7, 11) is -3.65. The lowest BCUT2D eigenvalue weighted by atomic mass is 10.2. The zero-order valence-corrected chi connectivity index (χ0v) is 16.5. The van der Waals surface area contributed by atoms with Gasteiger partial charge >= 0.3 is 6.36 Å². The zero-order valence-electron chi connectivity index (χ0n) is 15.7. The maximum Gasteiger partial charge on any atom is 0.573 e. The standard InChI is InChI=1S/C18H15F3N4O5S/c1-31(28,29)24-15-8-12(2-7-16(15)26)23-17(27)11-9-22-25(10-11)13-3-5-14(6-4-13)30-18(19,20)21/h2-10,24,26H,1H3,(H,23,27). The third-order valence-corrected chi connectivity index (χ3v) is 4.32. The first kappa shape index (κ1) is 22.0. The lowest BCUT2D eigenvalue weighted by Gasteiger charge is -2.10. The number of sulfonamides is 1. The number of halogens is 3. The van der Waals surface area contributed by atoms with Gasteiger partial charge < -0.3 is 15.2 Å². The molecule has 0 unspecified atom stereocenters. The van der Waals surface area contributed by atoms with Crippen LogP contribution in [0.5, 0.6) is 11.5 Å². The van der Waals surface area contributed by atoms with E-state index < -0.39 is 28.0 Å². The fourth-order valence-electron chi connectivity index (χ4n) is 2.48. The fraction of sp³-hybridized carbons (Fsp3) is 0.111. The summed E-state index contributed by atoms with van der Waals surface area (Å²) >= 11 is 0. The third kappa shape index (κ3) is 6.12. The van der Waals surface area contributed by atoms with Crippen molar-refractivity contribution in [2.45, 2.75) is 6.36 Å². The van der Waals surface area contributed by atoms with E-state index in [9.17, 15) is 31.5 Å². The molecule has 2 aromatic carbocycles. The Morgan fingerprint density at radius 3 is 2.45 bits per heavy atom. The smallest absolute Gasteiger partial charge is 0.506 e. The first-order valence-electron chi connectivity index (χ1n) is 8.43. The minimum absolute atomic E-state index is 0.114. The maximum absolute atomic E-state index is 12.4. The van der Waals surface area contributed by atoms with E-state index in [-0.39, 0.29) is 22.7 Å². The molecule has 0 aliphatic carbocycles. The Labute approximate surface area is 174 Å². The molecule has 0 bridgehead atoms. The van der Waals surface area contributed by atoms with Crippen molar-refractivity contribution in [2.24, 2.45) is 0 Å². The highest BCUT2D eigenvalue weighted by Gasteiger charge is 2.31. The van der Waals surface area contributed by atoms with E-state index in [4.69, 9.17) is 0 Å². The molecule has 31 heavy (non-hydrogen) atoms. The molecule has 3 rings (SSSR count). The molecular formula is C18H15F3N4O5S. The summed E-state index contributed by atoms with van der Waals surface area (Å²) in [5.74, 6) is -1.30. The summed E-state index contributed by atoms with van der Waals surface area (Å²) in [6.45, 7) is 0. The van der Waals surface area contributed by atoms with E-state index in [1.54, 1.807) is 0 Å². The second kappa shape index (κ2) is 8.18. The van der Waals surface area contributed by atoms with Gasteiger partial charge in [-0.1, -0.05) is 0 Å². The second-order valence-corrected chi connectivity index (χ2v) is 8.02. The van der Waals surface area contributed by atoms with Gasteiger partial charge in [-0.3, -0.25) is 9.52 Å². The Kier molecular flexibility index (Phi) is 5.79. The highest BCUT2D eigenvalue weighted by atomic mass is 32.2. The van der Waals surface area contributed by atoms with Gasteiger partial charge in [0.25, 0.3) is 5.91 Å². The van der Waals surface area contributed by atoms with E-state index in [0.717, 1.165) is 18.4 Å². The summed E-state index contributed by atoms with van der Waals surface area (Å²) < 4.78 is 66.6. The number of phenols is 1. The predicted molar refractivity (Wildman–Crippen MR) is 105 cm³/mol. The van der Waals surface area contributed by atoms with E-state index in [1.165, 1.54) is 47.4 Å². The molecule has 0 saturated heterocycles. The summed E-state index contributed by atoms with van der Waals surface area (Å²) in [5, 5.41) is 16.3. The third-order valence-electron chi connectivity index (χ3n) is 3.73. The molecular weight excluding hydrogens is 441 g/mol. The van der Waals surface area contributed by atoms with Crippen LogP contribution in [0.1, 0.15) is 10.4 Å². The molecule has 3 aromatic rings. The van der Waals surface area contributed by atoms with E-state index in [0.29, 0.717) is 5.69 Å². The van der Waals surface area contributed by atoms with Gasteiger partial charge in [0.1, 0.15) is 11.5 Å². The van der Waals surface area contributed by atoms with Crippen LogP contribution in [-0.2, 0) is 10.0 Å². The van der Waals surface area contributed by atoms with Crippen molar-refractivity contribution < 1.29 is 36.2 Å². The first-order chi connectivity index (χ1) is 14.4. The van der Waals surface area contributed by atoms with Gasteiger partial charge in [-0.15, -0.1) is 13.2 Å². The minimum Gasteiger partial charge on any atom is -0.506 e. The van der Waals surface area contributed by atoms with Gasteiger partial charge in [-0.25, -0.2) is 13.1 Å². The molecule has 9 nitrogen and oxygen atoms in total. The van der Waals surface area contributed by atoms with Crippen LogP contribution >= 0.6 is 0 Å². The van der Waals surface area contributed by atoms with Crippen LogP contribution in [-0.4, -0.2) is 41.8 Å². The van der Waals surface area contributed by atoms with E-state index in [2.05, 4.69) is 19.9 Å². The summed E-state index contributed by atoms with van der Waals surface area (Å²) in [5.41, 5.74) is 0.603. The number of aromatic nitrogens is 2. The number of rotatable bonds is 6. The van der Waals surface area contributed by atoms with Crippen molar-refractivity contribution in [1.82, 2.24) is 9.78 Å². The monoisotopic (exact) mass is 456 g/mol. The predicted octanol–water partition coefficient (Wildman–Crippen LogP) is 3.10. The number of aromatic hydroxyl groups is 1. The molecule has 1 amide bonds. The summed E-state index contributed by atoms with van der Waals surface area (Å²) in [6, 6.07) is 8.69. The van der Waals surface area contributed by atoms with Gasteiger partial charge in [0, 0.05) is 11.9 Å². The maximum atomic E-state index is 12.4. The van der Waals surface area contributed by atoms with E-state index in [1.807, 2.05) is 0 Å². The summed E-state index contributed by atoms with van der Waals surface area (Å²) in [6.07, 6.45) is -1.30. The molecule has 1 aromatic heterocycles. The fourth-order valence-corrected chi connectivity index (χ4v) is 3.04. The van der Waals surface area contributed by atoms with Gasteiger partial charge in [-0.2, -0.15) is 5.10 Å². The number of nitrogens with zero attached hydrogens (tertiary/aromatic N) is 2. The largest absolute Gasteiger partial charge is 0.573 e. The van der Waals surface area contributed by atoms with Crippen molar-refractivity contribution >= 4 is 27.3 Å². The zero-order chi connectivity index (χ0) is 22.8. The molecule has 0 aliphatic rings. The van der Waals surface area contributed by atoms with Crippen LogP contribution in [0.15, 0.2) is 54.9 Å². The highest BCUT2D eigenvalue weighted by molar-refractivity contribution is 7.92. The molecule has 0 fully saturated rings. The highest BCUT2D eigenvalue weighted by Crippen LogP contribution is 2.28. The Morgan fingerprint density at radius 2 is 1.84 bits per heavy atom. The van der Waals surface area contributed by atoms with Crippen LogP contribution in [0.2, 0.25) is 0 Å². The number of anilines is 2. The lowest BCUT2D eigenvalue weighted by Crippen LogP contribution is -2.17. The van der Waals surface area contributed by atoms with Crippen LogP contribution < -0.4 is 14.8 Å². The number of carbonyl (C=O) groups excluding carboxylic acids is 1. The first-order valence-corrected chi connectivity index (χ1v) is 10.3. The normalized spacial score (nSPS) is 11.7. The molecule has 1 heterocycles. The van der Waals surface area contributed by atoms with Crippen molar-refractivity contribution in [2.75, 3.05) is 16.3 Å². The summed E-state index contributed by atoms with van der Waals surface area (Å²) in [4.78, 5) is 12.4. The van der Waals surface area contributed by atoms with Gasteiger partial charge in [0.05, 0.1) is 29.4 Å². The minimum atomic E-state index is -4.80. The van der Waals surface area contributed by atoms with E-state index >= 15 is 0 Å². The molecule has 0 spiro atoms. The molecule has 0 aliphatic heterocycles. The Morgan fingerprint density at radius 1 is 1.16 bits per heavy atom. The van der Waals surface area contributed by atoms with Crippen LogP contribution in [0, 0.1) is 0 Å². The topological polar surface area (TPSA) is 123 Å². The molecule has 0 saturated carbocycles. The number of benzene rings is 2. The van der Waals surface area contributed by atoms with Crippen molar-refractivity contribution in [3.63, 3.8) is 0 Å². The Balaban J connectivity index is 1.73. The molecule has 164 valence electrons. The molecule has 0 atom stereocenters. The molecule has 13 heteroatoms. The van der Waals surface area contributed by atoms with Gasteiger partial charge in [0.15, 0.2) is 0 Å². The van der Waals surface area contributed by atoms with Gasteiger partial charge in [0.2, 0.25) is 10.0 Å². The number of ether oxygens (including phenoxy) is 1. The second-order valence-electron chi connectivity index (χ2n) is 6.28.